The van der Waals surface area contributed by atoms with Gasteiger partial charge in [-0.1, -0.05) is 39.2 Å². The summed E-state index contributed by atoms with van der Waals surface area (Å²) in [6, 6.07) is 14.1. The van der Waals surface area contributed by atoms with E-state index >= 15 is 0 Å². The van der Waals surface area contributed by atoms with E-state index in [1.54, 1.807) is 12.1 Å². The van der Waals surface area contributed by atoms with Crippen LogP contribution in [-0.4, -0.2) is 65.2 Å². The van der Waals surface area contributed by atoms with Crippen LogP contribution in [0.4, 0.5) is 11.6 Å². The molecular weight excluding hydrogens is 474 g/mol. The van der Waals surface area contributed by atoms with Crippen molar-refractivity contribution < 1.29 is 9.53 Å². The highest BCUT2D eigenvalue weighted by atomic mass is 16.5. The van der Waals surface area contributed by atoms with Gasteiger partial charge in [0, 0.05) is 25.3 Å². The molecule has 0 unspecified atom stereocenters. The molecule has 1 aliphatic rings. The molecule has 0 aliphatic carbocycles. The SMILES string of the molecule is CCCCN(CCCC)Cc1ccc2nc(Nc3ccc(C(=O)OC)cc3)n(CCN3CCCCC3)c2c1. The molecule has 1 N–H and O–H groups in total. The van der Waals surface area contributed by atoms with E-state index in [4.69, 9.17) is 9.72 Å². The highest BCUT2D eigenvalue weighted by Gasteiger charge is 2.16. The number of carbonyl (C=O) groups is 1. The lowest BCUT2D eigenvalue weighted by Gasteiger charge is -2.27. The number of piperidine rings is 1. The lowest BCUT2D eigenvalue weighted by atomic mass is 10.1. The van der Waals surface area contributed by atoms with E-state index in [1.807, 2.05) is 12.1 Å². The zero-order valence-electron chi connectivity index (χ0n) is 23.5. The smallest absolute Gasteiger partial charge is 0.337 e. The van der Waals surface area contributed by atoms with Crippen molar-refractivity contribution in [2.75, 3.05) is 45.2 Å². The second-order valence-electron chi connectivity index (χ2n) is 10.5. The molecule has 1 aliphatic heterocycles. The number of likely N-dealkylation sites (tertiary alicyclic amines) is 1. The van der Waals surface area contributed by atoms with Gasteiger partial charge in [-0.25, -0.2) is 9.78 Å². The number of carbonyl (C=O) groups excluding carboxylic acids is 1. The van der Waals surface area contributed by atoms with E-state index in [1.165, 1.54) is 76.2 Å². The van der Waals surface area contributed by atoms with Crippen LogP contribution in [0.25, 0.3) is 11.0 Å². The fourth-order valence-corrected chi connectivity index (χ4v) is 5.24. The number of nitrogens with zero attached hydrogens (tertiary/aromatic N) is 4. The van der Waals surface area contributed by atoms with Crippen LogP contribution < -0.4 is 5.32 Å². The quantitative estimate of drug-likeness (QED) is 0.247. The van der Waals surface area contributed by atoms with Crippen LogP contribution in [0.2, 0.25) is 0 Å². The highest BCUT2D eigenvalue weighted by Crippen LogP contribution is 2.25. The molecule has 4 rings (SSSR count). The first-order chi connectivity index (χ1) is 18.6. The summed E-state index contributed by atoms with van der Waals surface area (Å²) in [4.78, 5) is 22.0. The number of nitrogens with one attached hydrogen (secondary N) is 1. The molecule has 3 aromatic rings. The number of hydrogen-bond donors (Lipinski definition) is 1. The molecule has 0 bridgehead atoms. The summed E-state index contributed by atoms with van der Waals surface area (Å²) in [7, 11) is 1.40. The number of esters is 1. The standard InChI is InChI=1S/C31H45N5O2/c1-4-6-17-35(18-7-5-2)24-25-11-16-28-29(23-25)36(22-21-34-19-9-8-10-20-34)31(33-28)32-27-14-12-26(13-15-27)30(37)38-3/h11-16,23H,4-10,17-22,24H2,1-3H3,(H,32,33). The van der Waals surface area contributed by atoms with Crippen LogP contribution >= 0.6 is 0 Å². The largest absolute Gasteiger partial charge is 0.465 e. The number of unbranched alkanes of at least 4 members (excludes halogenated alkanes) is 2. The van der Waals surface area contributed by atoms with Crippen molar-refractivity contribution in [3.05, 3.63) is 53.6 Å². The Bertz CT molecular complexity index is 1140. The average Bonchev–Trinajstić information content (AvgIpc) is 3.29. The van der Waals surface area contributed by atoms with E-state index < -0.39 is 0 Å². The Morgan fingerprint density at radius 2 is 1.68 bits per heavy atom. The van der Waals surface area contributed by atoms with Gasteiger partial charge < -0.3 is 19.5 Å². The fourth-order valence-electron chi connectivity index (χ4n) is 5.24. The number of imidazole rings is 1. The highest BCUT2D eigenvalue weighted by molar-refractivity contribution is 5.89. The molecule has 1 fully saturated rings. The van der Waals surface area contributed by atoms with Crippen molar-refractivity contribution in [3.8, 4) is 0 Å². The Labute approximate surface area is 228 Å². The molecule has 1 saturated heterocycles. The van der Waals surface area contributed by atoms with E-state index in [2.05, 4.69) is 51.7 Å². The Morgan fingerprint density at radius 1 is 0.974 bits per heavy atom. The second kappa shape index (κ2) is 14.3. The first-order valence-electron chi connectivity index (χ1n) is 14.5. The molecule has 2 aromatic carbocycles. The number of benzene rings is 2. The van der Waals surface area contributed by atoms with E-state index in [0.717, 1.165) is 49.9 Å². The van der Waals surface area contributed by atoms with E-state index in [0.29, 0.717) is 5.56 Å². The molecule has 7 nitrogen and oxygen atoms in total. The number of methoxy groups -OCH3 is 1. The molecule has 0 spiro atoms. The summed E-state index contributed by atoms with van der Waals surface area (Å²) >= 11 is 0. The number of ether oxygens (including phenoxy) is 1. The third-order valence-corrected chi connectivity index (χ3v) is 7.53. The number of hydrogen-bond acceptors (Lipinski definition) is 6. The first-order valence-corrected chi connectivity index (χ1v) is 14.5. The van der Waals surface area contributed by atoms with Crippen LogP contribution in [0.5, 0.6) is 0 Å². The molecule has 0 radical (unpaired) electrons. The minimum atomic E-state index is -0.329. The Balaban J connectivity index is 1.59. The van der Waals surface area contributed by atoms with Crippen LogP contribution in [-0.2, 0) is 17.8 Å². The average molecular weight is 520 g/mol. The monoisotopic (exact) mass is 519 g/mol. The van der Waals surface area contributed by atoms with Gasteiger partial charge in [-0.3, -0.25) is 4.90 Å². The number of anilines is 2. The maximum Gasteiger partial charge on any atom is 0.337 e. The van der Waals surface area contributed by atoms with E-state index in [9.17, 15) is 4.79 Å². The summed E-state index contributed by atoms with van der Waals surface area (Å²) < 4.78 is 7.18. The summed E-state index contributed by atoms with van der Waals surface area (Å²) in [5.41, 5.74) is 4.97. The van der Waals surface area contributed by atoms with Gasteiger partial charge in [0.05, 0.1) is 23.7 Å². The molecular formula is C31H45N5O2. The van der Waals surface area contributed by atoms with Crippen molar-refractivity contribution in [2.24, 2.45) is 0 Å². The topological polar surface area (TPSA) is 62.6 Å². The third-order valence-electron chi connectivity index (χ3n) is 7.53. The number of rotatable bonds is 14. The van der Waals surface area contributed by atoms with Gasteiger partial charge in [-0.05, 0) is 93.8 Å². The summed E-state index contributed by atoms with van der Waals surface area (Å²) in [5.74, 6) is 0.513. The maximum atomic E-state index is 11.8. The molecule has 0 atom stereocenters. The Morgan fingerprint density at radius 3 is 2.34 bits per heavy atom. The minimum Gasteiger partial charge on any atom is -0.465 e. The van der Waals surface area contributed by atoms with Crippen molar-refractivity contribution in [2.45, 2.75) is 71.9 Å². The Hall–Kier alpha value is -2.90. The molecule has 38 heavy (non-hydrogen) atoms. The van der Waals surface area contributed by atoms with Crippen molar-refractivity contribution in [1.82, 2.24) is 19.4 Å². The van der Waals surface area contributed by atoms with Crippen molar-refractivity contribution in [3.63, 3.8) is 0 Å². The molecule has 0 saturated carbocycles. The first kappa shape index (κ1) is 28.1. The van der Waals surface area contributed by atoms with Crippen LogP contribution in [0, 0.1) is 0 Å². The minimum absolute atomic E-state index is 0.329. The number of aromatic nitrogens is 2. The summed E-state index contributed by atoms with van der Waals surface area (Å²) in [6.45, 7) is 12.1. The normalized spacial score (nSPS) is 14.3. The van der Waals surface area contributed by atoms with E-state index in [-0.39, 0.29) is 5.97 Å². The maximum absolute atomic E-state index is 11.8. The molecule has 0 amide bonds. The lowest BCUT2D eigenvalue weighted by molar-refractivity contribution is 0.0601. The number of fused-ring (bicyclic) bond motifs is 1. The van der Waals surface area contributed by atoms with Gasteiger partial charge in [-0.15, -0.1) is 0 Å². The molecule has 2 heterocycles. The summed E-state index contributed by atoms with van der Waals surface area (Å²) in [5, 5.41) is 3.52. The third kappa shape index (κ3) is 7.58. The fraction of sp³-hybridized carbons (Fsp3) is 0.548. The van der Waals surface area contributed by atoms with Crippen LogP contribution in [0.1, 0.15) is 74.7 Å². The predicted molar refractivity (Wildman–Crippen MR) is 156 cm³/mol. The zero-order chi connectivity index (χ0) is 26.7. The van der Waals surface area contributed by atoms with Gasteiger partial charge in [0.1, 0.15) is 0 Å². The molecule has 206 valence electrons. The van der Waals surface area contributed by atoms with Gasteiger partial charge >= 0.3 is 5.97 Å². The second-order valence-corrected chi connectivity index (χ2v) is 10.5. The zero-order valence-corrected chi connectivity index (χ0v) is 23.5. The Kier molecular flexibility index (Phi) is 10.6. The predicted octanol–water partition coefficient (Wildman–Crippen LogP) is 6.45. The van der Waals surface area contributed by atoms with Crippen molar-refractivity contribution in [1.29, 1.82) is 0 Å². The van der Waals surface area contributed by atoms with Gasteiger partial charge in [0.2, 0.25) is 5.95 Å². The van der Waals surface area contributed by atoms with Gasteiger partial charge in [0.25, 0.3) is 0 Å². The van der Waals surface area contributed by atoms with Crippen LogP contribution in [0.3, 0.4) is 0 Å². The molecule has 1 aromatic heterocycles. The van der Waals surface area contributed by atoms with Gasteiger partial charge in [0.15, 0.2) is 0 Å². The van der Waals surface area contributed by atoms with Gasteiger partial charge in [-0.2, -0.15) is 0 Å². The molecule has 7 heteroatoms. The lowest BCUT2D eigenvalue weighted by Crippen LogP contribution is -2.32. The van der Waals surface area contributed by atoms with Crippen LogP contribution in [0.15, 0.2) is 42.5 Å². The van der Waals surface area contributed by atoms with Crippen molar-refractivity contribution >= 4 is 28.6 Å². The summed E-state index contributed by atoms with van der Waals surface area (Å²) in [6.07, 6.45) is 8.84.